The zero-order valence-electron chi connectivity index (χ0n) is 19.0. The maximum absolute atomic E-state index is 13.7. The molecule has 4 heteroatoms. The van der Waals surface area contributed by atoms with Gasteiger partial charge in [-0.15, -0.1) is 0 Å². The van der Waals surface area contributed by atoms with E-state index in [1.807, 2.05) is 21.9 Å². The van der Waals surface area contributed by atoms with E-state index in [2.05, 4.69) is 63.2 Å². The van der Waals surface area contributed by atoms with Crippen molar-refractivity contribution in [3.05, 3.63) is 71.3 Å². The number of piperidine rings is 1. The molecule has 3 unspecified atom stereocenters. The lowest BCUT2D eigenvalue weighted by molar-refractivity contribution is -0.148. The maximum Gasteiger partial charge on any atom is 0.245 e. The SMILES string of the molecule is CC(C)CC(=O)N1Cc2ccccc2CC1C(=O)N1CCC(c2ccccc2)C(C)C1. The number of hydrogen-bond acceptors (Lipinski definition) is 2. The molecule has 2 aliphatic rings. The maximum atomic E-state index is 13.7. The summed E-state index contributed by atoms with van der Waals surface area (Å²) in [4.78, 5) is 30.6. The molecule has 0 bridgehead atoms. The monoisotopic (exact) mass is 418 g/mol. The van der Waals surface area contributed by atoms with Gasteiger partial charge in [0.1, 0.15) is 6.04 Å². The smallest absolute Gasteiger partial charge is 0.245 e. The van der Waals surface area contributed by atoms with Gasteiger partial charge >= 0.3 is 0 Å². The Morgan fingerprint density at radius 1 is 1.00 bits per heavy atom. The lowest BCUT2D eigenvalue weighted by atomic mass is 9.81. The number of carbonyl (C=O) groups is 2. The molecule has 3 atom stereocenters. The van der Waals surface area contributed by atoms with E-state index < -0.39 is 0 Å². The van der Waals surface area contributed by atoms with Crippen LogP contribution in [0.2, 0.25) is 0 Å². The van der Waals surface area contributed by atoms with E-state index in [0.29, 0.717) is 31.2 Å². The van der Waals surface area contributed by atoms with Gasteiger partial charge in [0.25, 0.3) is 0 Å². The molecule has 0 spiro atoms. The van der Waals surface area contributed by atoms with Crippen molar-refractivity contribution >= 4 is 11.8 Å². The summed E-state index contributed by atoms with van der Waals surface area (Å²) in [6, 6.07) is 18.5. The van der Waals surface area contributed by atoms with Crippen molar-refractivity contribution in [2.75, 3.05) is 13.1 Å². The second-order valence-corrected chi connectivity index (χ2v) is 9.68. The van der Waals surface area contributed by atoms with Gasteiger partial charge in [-0.1, -0.05) is 75.4 Å². The minimum absolute atomic E-state index is 0.0927. The first-order valence-electron chi connectivity index (χ1n) is 11.6. The third-order valence-electron chi connectivity index (χ3n) is 6.88. The molecular weight excluding hydrogens is 384 g/mol. The molecule has 1 saturated heterocycles. The summed E-state index contributed by atoms with van der Waals surface area (Å²) in [5, 5.41) is 0. The number of benzene rings is 2. The topological polar surface area (TPSA) is 40.6 Å². The molecule has 4 nitrogen and oxygen atoms in total. The largest absolute Gasteiger partial charge is 0.341 e. The standard InChI is InChI=1S/C27H34N2O2/c1-19(2)15-26(30)29-18-23-12-8-7-11-22(23)16-25(29)27(31)28-14-13-24(20(3)17-28)21-9-5-4-6-10-21/h4-12,19-20,24-25H,13-18H2,1-3H3. The van der Waals surface area contributed by atoms with Crippen molar-refractivity contribution in [1.29, 1.82) is 0 Å². The zero-order chi connectivity index (χ0) is 22.0. The Balaban J connectivity index is 1.52. The molecule has 2 aromatic carbocycles. The van der Waals surface area contributed by atoms with E-state index >= 15 is 0 Å². The van der Waals surface area contributed by atoms with E-state index in [0.717, 1.165) is 19.5 Å². The molecule has 164 valence electrons. The Hall–Kier alpha value is -2.62. The highest BCUT2D eigenvalue weighted by atomic mass is 16.2. The van der Waals surface area contributed by atoms with Crippen molar-refractivity contribution in [1.82, 2.24) is 9.80 Å². The van der Waals surface area contributed by atoms with Gasteiger partial charge in [0, 0.05) is 32.5 Å². The Labute approximate surface area is 186 Å². The Morgan fingerprint density at radius 2 is 1.68 bits per heavy atom. The molecule has 2 heterocycles. The lowest BCUT2D eigenvalue weighted by Gasteiger charge is -2.42. The van der Waals surface area contributed by atoms with Crippen LogP contribution in [0.3, 0.4) is 0 Å². The second kappa shape index (κ2) is 9.25. The summed E-state index contributed by atoms with van der Waals surface area (Å²) in [6.45, 7) is 8.41. The van der Waals surface area contributed by atoms with Gasteiger partial charge in [-0.05, 0) is 40.9 Å². The van der Waals surface area contributed by atoms with Crippen LogP contribution in [0.25, 0.3) is 0 Å². The van der Waals surface area contributed by atoms with Gasteiger partial charge in [0.05, 0.1) is 0 Å². The van der Waals surface area contributed by atoms with Crippen LogP contribution < -0.4 is 0 Å². The van der Waals surface area contributed by atoms with Gasteiger partial charge in [0.15, 0.2) is 0 Å². The minimum atomic E-state index is -0.387. The Kier molecular flexibility index (Phi) is 6.45. The van der Waals surface area contributed by atoms with Crippen LogP contribution in [0.5, 0.6) is 0 Å². The van der Waals surface area contributed by atoms with Crippen molar-refractivity contribution in [2.24, 2.45) is 11.8 Å². The first-order chi connectivity index (χ1) is 14.9. The summed E-state index contributed by atoms with van der Waals surface area (Å²) >= 11 is 0. The Bertz CT molecular complexity index is 924. The highest BCUT2D eigenvalue weighted by Crippen LogP contribution is 2.34. The molecule has 31 heavy (non-hydrogen) atoms. The van der Waals surface area contributed by atoms with Crippen LogP contribution in [0.15, 0.2) is 54.6 Å². The first-order valence-corrected chi connectivity index (χ1v) is 11.6. The Morgan fingerprint density at radius 3 is 2.35 bits per heavy atom. The number of nitrogens with zero attached hydrogens (tertiary/aromatic N) is 2. The zero-order valence-corrected chi connectivity index (χ0v) is 19.0. The number of amides is 2. The lowest BCUT2D eigenvalue weighted by Crippen LogP contribution is -2.55. The summed E-state index contributed by atoms with van der Waals surface area (Å²) in [5.74, 6) is 1.37. The van der Waals surface area contributed by atoms with Crippen LogP contribution in [0.4, 0.5) is 0 Å². The molecular formula is C27H34N2O2. The summed E-state index contributed by atoms with van der Waals surface area (Å²) < 4.78 is 0. The van der Waals surface area contributed by atoms with Crippen molar-refractivity contribution < 1.29 is 9.59 Å². The van der Waals surface area contributed by atoms with E-state index in [1.165, 1.54) is 16.7 Å². The average molecular weight is 419 g/mol. The normalized spacial score (nSPS) is 23.5. The fraction of sp³-hybridized carbons (Fsp3) is 0.481. The molecule has 2 aromatic rings. The van der Waals surface area contributed by atoms with Crippen molar-refractivity contribution in [2.45, 2.75) is 58.5 Å². The molecule has 0 radical (unpaired) electrons. The molecule has 0 aliphatic carbocycles. The van der Waals surface area contributed by atoms with E-state index in [9.17, 15) is 9.59 Å². The molecule has 4 rings (SSSR count). The summed E-state index contributed by atoms with van der Waals surface area (Å²) in [5.41, 5.74) is 3.73. The molecule has 1 fully saturated rings. The second-order valence-electron chi connectivity index (χ2n) is 9.68. The van der Waals surface area contributed by atoms with Crippen LogP contribution >= 0.6 is 0 Å². The van der Waals surface area contributed by atoms with Crippen LogP contribution in [0, 0.1) is 11.8 Å². The van der Waals surface area contributed by atoms with Gasteiger partial charge in [-0.25, -0.2) is 0 Å². The first kappa shape index (κ1) is 21.6. The highest BCUT2D eigenvalue weighted by molar-refractivity contribution is 5.88. The fourth-order valence-electron chi connectivity index (χ4n) is 5.22. The van der Waals surface area contributed by atoms with Gasteiger partial charge in [-0.3, -0.25) is 9.59 Å². The highest BCUT2D eigenvalue weighted by Gasteiger charge is 2.39. The number of rotatable bonds is 4. The predicted molar refractivity (Wildman–Crippen MR) is 123 cm³/mol. The molecule has 2 aliphatic heterocycles. The van der Waals surface area contributed by atoms with E-state index in [-0.39, 0.29) is 23.8 Å². The van der Waals surface area contributed by atoms with Crippen LogP contribution in [-0.2, 0) is 22.6 Å². The van der Waals surface area contributed by atoms with Crippen molar-refractivity contribution in [3.63, 3.8) is 0 Å². The fourth-order valence-corrected chi connectivity index (χ4v) is 5.22. The molecule has 0 aromatic heterocycles. The summed E-state index contributed by atoms with van der Waals surface area (Å²) in [6.07, 6.45) is 2.07. The average Bonchev–Trinajstić information content (AvgIpc) is 2.77. The van der Waals surface area contributed by atoms with Crippen LogP contribution in [-0.4, -0.2) is 40.7 Å². The van der Waals surface area contributed by atoms with E-state index in [4.69, 9.17) is 0 Å². The van der Waals surface area contributed by atoms with E-state index in [1.54, 1.807) is 0 Å². The number of likely N-dealkylation sites (tertiary alicyclic amines) is 1. The number of hydrogen-bond donors (Lipinski definition) is 0. The number of carbonyl (C=O) groups excluding carboxylic acids is 2. The minimum Gasteiger partial charge on any atom is -0.341 e. The van der Waals surface area contributed by atoms with Gasteiger partial charge in [-0.2, -0.15) is 0 Å². The van der Waals surface area contributed by atoms with Gasteiger partial charge < -0.3 is 9.80 Å². The predicted octanol–water partition coefficient (Wildman–Crippen LogP) is 4.64. The van der Waals surface area contributed by atoms with Gasteiger partial charge in [0.2, 0.25) is 11.8 Å². The molecule has 0 N–H and O–H groups in total. The summed E-state index contributed by atoms with van der Waals surface area (Å²) in [7, 11) is 0. The number of fused-ring (bicyclic) bond motifs is 1. The third-order valence-corrected chi connectivity index (χ3v) is 6.88. The third kappa shape index (κ3) is 4.68. The quantitative estimate of drug-likeness (QED) is 0.726. The van der Waals surface area contributed by atoms with Crippen LogP contribution in [0.1, 0.15) is 56.2 Å². The molecule has 0 saturated carbocycles. The molecule has 2 amide bonds. The van der Waals surface area contributed by atoms with Crippen molar-refractivity contribution in [3.8, 4) is 0 Å².